The molecule has 1 saturated carbocycles. The minimum atomic E-state index is -5.31. The fraction of sp³-hybridized carbons (Fsp3) is 0.455. The van der Waals surface area contributed by atoms with E-state index in [1.165, 1.54) is 0 Å². The summed E-state index contributed by atoms with van der Waals surface area (Å²) in [5.41, 5.74) is -0.819. The summed E-state index contributed by atoms with van der Waals surface area (Å²) in [5, 5.41) is 0. The maximum atomic E-state index is 14.6. The highest BCUT2D eigenvalue weighted by Crippen LogP contribution is 2.36. The number of benzene rings is 2. The molecule has 1 aliphatic carbocycles. The van der Waals surface area contributed by atoms with Crippen LogP contribution in [0.3, 0.4) is 0 Å². The molecule has 1 fully saturated rings. The molecule has 0 amide bonds. The van der Waals surface area contributed by atoms with Gasteiger partial charge in [-0.3, -0.25) is 0 Å². The normalized spacial score (nSPS) is 19.7. The van der Waals surface area contributed by atoms with Gasteiger partial charge in [0.2, 0.25) is 5.75 Å². The highest BCUT2D eigenvalue weighted by molar-refractivity contribution is 5.66. The van der Waals surface area contributed by atoms with Gasteiger partial charge in [0.25, 0.3) is 0 Å². The van der Waals surface area contributed by atoms with Crippen molar-refractivity contribution >= 4 is 0 Å². The standard InChI is InChI=1S/C22H21F7O/c1-2-12-3-5-13(6-4-12)7-14-8-16(23)20(17(24)9-14)15-10-18(25)21(19(26)11-15)30-22(27,28)29/h8-13H,2-7H2,1H3. The van der Waals surface area contributed by atoms with Crippen molar-refractivity contribution in [3.05, 3.63) is 53.1 Å². The lowest BCUT2D eigenvalue weighted by molar-refractivity contribution is -0.276. The molecule has 0 radical (unpaired) electrons. The number of ether oxygens (including phenoxy) is 1. The molecule has 0 spiro atoms. The number of hydrogen-bond acceptors (Lipinski definition) is 1. The van der Waals surface area contributed by atoms with E-state index in [-0.39, 0.29) is 0 Å². The number of alkyl halides is 3. The molecule has 0 heterocycles. The predicted molar refractivity (Wildman–Crippen MR) is 97.8 cm³/mol. The molecule has 1 nitrogen and oxygen atoms in total. The van der Waals surface area contributed by atoms with E-state index < -0.39 is 46.5 Å². The van der Waals surface area contributed by atoms with Crippen LogP contribution in [-0.4, -0.2) is 6.36 Å². The van der Waals surface area contributed by atoms with Crippen molar-refractivity contribution in [3.8, 4) is 16.9 Å². The Bertz CT molecular complexity index is 853. The highest BCUT2D eigenvalue weighted by atomic mass is 19.4. The second-order valence-corrected chi connectivity index (χ2v) is 7.75. The Morgan fingerprint density at radius 1 is 0.800 bits per heavy atom. The van der Waals surface area contributed by atoms with Crippen LogP contribution in [0.4, 0.5) is 30.7 Å². The van der Waals surface area contributed by atoms with E-state index in [4.69, 9.17) is 0 Å². The summed E-state index contributed by atoms with van der Waals surface area (Å²) in [7, 11) is 0. The van der Waals surface area contributed by atoms with Crippen LogP contribution < -0.4 is 4.74 Å². The van der Waals surface area contributed by atoms with Gasteiger partial charge in [-0.05, 0) is 66.5 Å². The van der Waals surface area contributed by atoms with Gasteiger partial charge in [0.15, 0.2) is 11.6 Å². The third kappa shape index (κ3) is 5.26. The Morgan fingerprint density at radius 2 is 1.30 bits per heavy atom. The fourth-order valence-corrected chi connectivity index (χ4v) is 4.11. The van der Waals surface area contributed by atoms with Crippen molar-refractivity contribution < 1.29 is 35.5 Å². The summed E-state index contributed by atoms with van der Waals surface area (Å²) < 4.78 is 97.1. The monoisotopic (exact) mass is 434 g/mol. The van der Waals surface area contributed by atoms with E-state index >= 15 is 0 Å². The van der Waals surface area contributed by atoms with Gasteiger partial charge in [-0.2, -0.15) is 0 Å². The molecule has 0 saturated heterocycles. The molecular formula is C22H21F7O. The van der Waals surface area contributed by atoms with Crippen LogP contribution in [0.25, 0.3) is 11.1 Å². The average molecular weight is 434 g/mol. The van der Waals surface area contributed by atoms with Gasteiger partial charge in [-0.1, -0.05) is 26.2 Å². The van der Waals surface area contributed by atoms with Crippen molar-refractivity contribution in [1.29, 1.82) is 0 Å². The van der Waals surface area contributed by atoms with Crippen LogP contribution >= 0.6 is 0 Å². The predicted octanol–water partition coefficient (Wildman–Crippen LogP) is 7.57. The first-order valence-electron chi connectivity index (χ1n) is 9.80. The molecular weight excluding hydrogens is 413 g/mol. The zero-order chi connectivity index (χ0) is 22.1. The smallest absolute Gasteiger partial charge is 0.399 e. The SMILES string of the molecule is CCC1CCC(Cc2cc(F)c(-c3cc(F)c(OC(F)(F)F)c(F)c3)c(F)c2)CC1. The molecule has 0 N–H and O–H groups in total. The Balaban J connectivity index is 1.84. The summed E-state index contributed by atoms with van der Waals surface area (Å²) >= 11 is 0. The van der Waals surface area contributed by atoms with Crippen LogP contribution in [0, 0.1) is 35.1 Å². The molecule has 0 aromatic heterocycles. The molecule has 0 bridgehead atoms. The molecule has 1 aliphatic rings. The molecule has 0 atom stereocenters. The Hall–Kier alpha value is -2.25. The third-order valence-electron chi connectivity index (χ3n) is 5.67. The third-order valence-corrected chi connectivity index (χ3v) is 5.67. The first-order chi connectivity index (χ1) is 14.1. The van der Waals surface area contributed by atoms with Crippen molar-refractivity contribution in [1.82, 2.24) is 0 Å². The summed E-state index contributed by atoms with van der Waals surface area (Å²) in [6.07, 6.45) is 0.402. The lowest BCUT2D eigenvalue weighted by Crippen LogP contribution is -2.19. The van der Waals surface area contributed by atoms with E-state index in [2.05, 4.69) is 11.7 Å². The number of rotatable bonds is 5. The van der Waals surface area contributed by atoms with E-state index in [0.717, 1.165) is 44.2 Å². The van der Waals surface area contributed by atoms with Crippen LogP contribution in [0.15, 0.2) is 24.3 Å². The van der Waals surface area contributed by atoms with E-state index in [9.17, 15) is 30.7 Å². The molecule has 30 heavy (non-hydrogen) atoms. The summed E-state index contributed by atoms with van der Waals surface area (Å²) in [6.45, 7) is 2.14. The highest BCUT2D eigenvalue weighted by Gasteiger charge is 2.34. The number of halogens is 7. The first kappa shape index (κ1) is 22.4. The summed E-state index contributed by atoms with van der Waals surface area (Å²) in [5.74, 6) is -6.16. The number of hydrogen-bond donors (Lipinski definition) is 0. The molecule has 2 aromatic rings. The zero-order valence-corrected chi connectivity index (χ0v) is 16.3. The summed E-state index contributed by atoms with van der Waals surface area (Å²) in [6, 6.07) is 3.05. The quantitative estimate of drug-likeness (QED) is 0.441. The van der Waals surface area contributed by atoms with Gasteiger partial charge in [0.1, 0.15) is 11.6 Å². The molecule has 2 aromatic carbocycles. The van der Waals surface area contributed by atoms with Gasteiger partial charge >= 0.3 is 6.36 Å². The maximum absolute atomic E-state index is 14.6. The van der Waals surface area contributed by atoms with Gasteiger partial charge < -0.3 is 4.74 Å². The molecule has 0 unspecified atom stereocenters. The van der Waals surface area contributed by atoms with E-state index in [1.807, 2.05) is 0 Å². The Morgan fingerprint density at radius 3 is 1.77 bits per heavy atom. The average Bonchev–Trinajstić information content (AvgIpc) is 2.64. The van der Waals surface area contributed by atoms with Crippen LogP contribution in [0.2, 0.25) is 0 Å². The Kier molecular flexibility index (Phi) is 6.62. The van der Waals surface area contributed by atoms with Gasteiger partial charge in [0.05, 0.1) is 5.56 Å². The zero-order valence-electron chi connectivity index (χ0n) is 16.3. The van der Waals surface area contributed by atoms with Gasteiger partial charge in [0, 0.05) is 0 Å². The molecule has 164 valence electrons. The minimum Gasteiger partial charge on any atom is -0.399 e. The van der Waals surface area contributed by atoms with Crippen LogP contribution in [0.5, 0.6) is 5.75 Å². The minimum absolute atomic E-state index is 0.311. The lowest BCUT2D eigenvalue weighted by atomic mass is 9.78. The second-order valence-electron chi connectivity index (χ2n) is 7.75. The molecule has 8 heteroatoms. The molecule has 3 rings (SSSR count). The van der Waals surface area contributed by atoms with E-state index in [0.29, 0.717) is 36.0 Å². The van der Waals surface area contributed by atoms with Gasteiger partial charge in [-0.25, -0.2) is 17.6 Å². The van der Waals surface area contributed by atoms with Crippen molar-refractivity contribution in [2.45, 2.75) is 51.8 Å². The molecule has 0 aliphatic heterocycles. The maximum Gasteiger partial charge on any atom is 0.573 e. The van der Waals surface area contributed by atoms with Crippen molar-refractivity contribution in [2.75, 3.05) is 0 Å². The second kappa shape index (κ2) is 8.86. The van der Waals surface area contributed by atoms with Crippen molar-refractivity contribution in [2.24, 2.45) is 11.8 Å². The van der Waals surface area contributed by atoms with Crippen LogP contribution in [0.1, 0.15) is 44.6 Å². The van der Waals surface area contributed by atoms with Gasteiger partial charge in [-0.15, -0.1) is 13.2 Å². The lowest BCUT2D eigenvalue weighted by Gasteiger charge is -2.28. The fourth-order valence-electron chi connectivity index (χ4n) is 4.11. The largest absolute Gasteiger partial charge is 0.573 e. The summed E-state index contributed by atoms with van der Waals surface area (Å²) in [4.78, 5) is 0. The first-order valence-corrected chi connectivity index (χ1v) is 9.80. The topological polar surface area (TPSA) is 9.23 Å². The van der Waals surface area contributed by atoms with Crippen LogP contribution in [-0.2, 0) is 6.42 Å². The van der Waals surface area contributed by atoms with E-state index in [1.54, 1.807) is 0 Å². The van der Waals surface area contributed by atoms with Crippen molar-refractivity contribution in [3.63, 3.8) is 0 Å². The Labute approximate surface area is 169 Å².